The summed E-state index contributed by atoms with van der Waals surface area (Å²) >= 11 is 0. The number of aliphatic hydroxyl groups is 2. The molecule has 0 bridgehead atoms. The lowest BCUT2D eigenvalue weighted by molar-refractivity contribution is -0.136. The molecule has 33 heavy (non-hydrogen) atoms. The van der Waals surface area contributed by atoms with Crippen molar-refractivity contribution in [3.63, 3.8) is 0 Å². The topological polar surface area (TPSA) is 87.0 Å². The Bertz CT molecular complexity index is 1040. The van der Waals surface area contributed by atoms with Gasteiger partial charge in [-0.05, 0) is 34.7 Å². The molecule has 0 radical (unpaired) electrons. The Morgan fingerprint density at radius 3 is 2.48 bits per heavy atom. The van der Waals surface area contributed by atoms with Crippen LogP contribution in [-0.4, -0.2) is 34.0 Å². The average molecular weight is 447 g/mol. The number of aliphatic carboxylic acids is 1. The first-order valence-corrected chi connectivity index (χ1v) is 11.1. The summed E-state index contributed by atoms with van der Waals surface area (Å²) in [7, 11) is 0. The van der Waals surface area contributed by atoms with Crippen LogP contribution in [0.1, 0.15) is 41.2 Å². The SMILES string of the molecule is O=C(O)CCc1ccccc1OCCC(O)/C=C/c1cccc(CC(O)c2ccccc2)c1. The molecule has 5 heteroatoms. The molecule has 5 nitrogen and oxygen atoms in total. The van der Waals surface area contributed by atoms with Crippen molar-refractivity contribution in [1.82, 2.24) is 0 Å². The van der Waals surface area contributed by atoms with E-state index in [4.69, 9.17) is 9.84 Å². The van der Waals surface area contributed by atoms with E-state index >= 15 is 0 Å². The Kier molecular flexibility index (Phi) is 9.24. The van der Waals surface area contributed by atoms with Gasteiger partial charge in [0.2, 0.25) is 0 Å². The van der Waals surface area contributed by atoms with Gasteiger partial charge in [0.05, 0.1) is 18.8 Å². The number of carbonyl (C=O) groups is 1. The molecule has 0 heterocycles. The molecule has 0 spiro atoms. The maximum absolute atomic E-state index is 10.8. The van der Waals surface area contributed by atoms with E-state index in [0.717, 1.165) is 22.3 Å². The Labute approximate surface area is 194 Å². The Morgan fingerprint density at radius 1 is 0.939 bits per heavy atom. The molecule has 3 aromatic rings. The molecule has 0 aromatic heterocycles. The lowest BCUT2D eigenvalue weighted by atomic mass is 10.00. The molecule has 0 saturated heterocycles. The van der Waals surface area contributed by atoms with Gasteiger partial charge in [-0.25, -0.2) is 0 Å². The summed E-state index contributed by atoms with van der Waals surface area (Å²) in [6.07, 6.45) is 3.74. The first-order valence-electron chi connectivity index (χ1n) is 11.1. The second-order valence-electron chi connectivity index (χ2n) is 7.94. The van der Waals surface area contributed by atoms with Crippen molar-refractivity contribution in [2.24, 2.45) is 0 Å². The van der Waals surface area contributed by atoms with Gasteiger partial charge in [-0.1, -0.05) is 84.9 Å². The number of hydrogen-bond acceptors (Lipinski definition) is 4. The third-order valence-electron chi connectivity index (χ3n) is 5.33. The zero-order valence-electron chi connectivity index (χ0n) is 18.5. The zero-order valence-corrected chi connectivity index (χ0v) is 18.5. The highest BCUT2D eigenvalue weighted by molar-refractivity contribution is 5.67. The maximum atomic E-state index is 10.8. The largest absolute Gasteiger partial charge is 0.493 e. The van der Waals surface area contributed by atoms with Crippen LogP contribution in [0.15, 0.2) is 84.9 Å². The number of aliphatic hydroxyl groups excluding tert-OH is 2. The van der Waals surface area contributed by atoms with Crippen molar-refractivity contribution in [2.45, 2.75) is 37.9 Å². The molecule has 0 aliphatic heterocycles. The second kappa shape index (κ2) is 12.6. The van der Waals surface area contributed by atoms with E-state index in [0.29, 0.717) is 31.6 Å². The molecule has 2 unspecified atom stereocenters. The van der Waals surface area contributed by atoms with Crippen molar-refractivity contribution in [2.75, 3.05) is 6.61 Å². The van der Waals surface area contributed by atoms with E-state index in [9.17, 15) is 15.0 Å². The summed E-state index contributed by atoms with van der Waals surface area (Å²) in [5, 5.41) is 29.7. The van der Waals surface area contributed by atoms with E-state index in [1.54, 1.807) is 6.08 Å². The van der Waals surface area contributed by atoms with Crippen LogP contribution in [0.25, 0.3) is 6.08 Å². The van der Waals surface area contributed by atoms with Crippen LogP contribution in [0.2, 0.25) is 0 Å². The van der Waals surface area contributed by atoms with Crippen LogP contribution < -0.4 is 4.74 Å². The average Bonchev–Trinajstić information content (AvgIpc) is 2.83. The molecule has 0 fully saturated rings. The minimum atomic E-state index is -0.844. The molecule has 2 atom stereocenters. The smallest absolute Gasteiger partial charge is 0.303 e. The fourth-order valence-corrected chi connectivity index (χ4v) is 3.54. The molecular weight excluding hydrogens is 416 g/mol. The minimum absolute atomic E-state index is 0.0488. The summed E-state index contributed by atoms with van der Waals surface area (Å²) in [6, 6.07) is 24.8. The van der Waals surface area contributed by atoms with Crippen molar-refractivity contribution in [3.8, 4) is 5.75 Å². The number of carboxylic acids is 1. The summed E-state index contributed by atoms with van der Waals surface area (Å²) in [5.41, 5.74) is 3.70. The Balaban J connectivity index is 1.49. The second-order valence-corrected chi connectivity index (χ2v) is 7.94. The number of hydrogen-bond donors (Lipinski definition) is 3. The fraction of sp³-hybridized carbons (Fsp3) is 0.250. The lowest BCUT2D eigenvalue weighted by Crippen LogP contribution is -2.10. The zero-order chi connectivity index (χ0) is 23.5. The van der Waals surface area contributed by atoms with Crippen molar-refractivity contribution < 1.29 is 24.9 Å². The van der Waals surface area contributed by atoms with Gasteiger partial charge >= 0.3 is 5.97 Å². The molecule has 3 aromatic carbocycles. The summed E-state index contributed by atoms with van der Waals surface area (Å²) < 4.78 is 5.78. The van der Waals surface area contributed by atoms with Gasteiger partial charge in [-0.3, -0.25) is 4.79 Å². The summed E-state index contributed by atoms with van der Waals surface area (Å²) in [5.74, 6) is -0.191. The Hall–Kier alpha value is -3.41. The van der Waals surface area contributed by atoms with E-state index in [1.165, 1.54) is 0 Å². The van der Waals surface area contributed by atoms with Crippen LogP contribution in [0.4, 0.5) is 0 Å². The normalized spacial score (nSPS) is 13.0. The molecule has 0 saturated carbocycles. The maximum Gasteiger partial charge on any atom is 0.303 e. The number of carboxylic acid groups (broad SMARTS) is 1. The highest BCUT2D eigenvalue weighted by Crippen LogP contribution is 2.21. The predicted molar refractivity (Wildman–Crippen MR) is 129 cm³/mol. The molecule has 0 aliphatic carbocycles. The predicted octanol–water partition coefficient (Wildman–Crippen LogP) is 4.82. The van der Waals surface area contributed by atoms with Crippen LogP contribution in [-0.2, 0) is 17.6 Å². The van der Waals surface area contributed by atoms with E-state index < -0.39 is 18.2 Å². The number of para-hydroxylation sites is 1. The third kappa shape index (κ3) is 8.22. The first-order chi connectivity index (χ1) is 16.0. The highest BCUT2D eigenvalue weighted by Gasteiger charge is 2.09. The Morgan fingerprint density at radius 2 is 1.70 bits per heavy atom. The van der Waals surface area contributed by atoms with Gasteiger partial charge in [-0.15, -0.1) is 0 Å². The van der Waals surface area contributed by atoms with Gasteiger partial charge in [0.1, 0.15) is 5.75 Å². The number of ether oxygens (including phenoxy) is 1. The number of benzene rings is 3. The first kappa shape index (κ1) is 24.2. The van der Waals surface area contributed by atoms with Crippen molar-refractivity contribution >= 4 is 12.0 Å². The quantitative estimate of drug-likeness (QED) is 0.371. The minimum Gasteiger partial charge on any atom is -0.493 e. The van der Waals surface area contributed by atoms with Gasteiger partial charge < -0.3 is 20.1 Å². The molecule has 3 N–H and O–H groups in total. The van der Waals surface area contributed by atoms with E-state index in [1.807, 2.05) is 84.9 Å². The van der Waals surface area contributed by atoms with Crippen LogP contribution in [0.3, 0.4) is 0 Å². The van der Waals surface area contributed by atoms with Gasteiger partial charge in [0.15, 0.2) is 0 Å². The number of rotatable bonds is 12. The molecule has 172 valence electrons. The van der Waals surface area contributed by atoms with E-state index in [2.05, 4.69) is 0 Å². The monoisotopic (exact) mass is 446 g/mol. The standard InChI is InChI=1S/C28H30O5/c29-25(17-18-33-27-12-5-4-11-24(27)14-16-28(31)32)15-13-21-7-6-8-22(19-21)20-26(30)23-9-2-1-3-10-23/h1-13,15,19,25-26,29-30H,14,16-18,20H2,(H,31,32)/b15-13+. The van der Waals surface area contributed by atoms with Crippen LogP contribution in [0, 0.1) is 0 Å². The van der Waals surface area contributed by atoms with E-state index in [-0.39, 0.29) is 6.42 Å². The third-order valence-corrected chi connectivity index (χ3v) is 5.33. The lowest BCUT2D eigenvalue weighted by Gasteiger charge is -2.12. The highest BCUT2D eigenvalue weighted by atomic mass is 16.5. The molecule has 0 aliphatic rings. The fourth-order valence-electron chi connectivity index (χ4n) is 3.54. The molecule has 0 amide bonds. The van der Waals surface area contributed by atoms with Crippen molar-refractivity contribution in [1.29, 1.82) is 0 Å². The van der Waals surface area contributed by atoms with Gasteiger partial charge in [-0.2, -0.15) is 0 Å². The van der Waals surface area contributed by atoms with Crippen LogP contribution in [0.5, 0.6) is 5.75 Å². The number of aryl methyl sites for hydroxylation is 1. The summed E-state index contributed by atoms with van der Waals surface area (Å²) in [6.45, 7) is 0.318. The van der Waals surface area contributed by atoms with Crippen LogP contribution >= 0.6 is 0 Å². The molecule has 3 rings (SSSR count). The van der Waals surface area contributed by atoms with Crippen molar-refractivity contribution in [3.05, 3.63) is 107 Å². The van der Waals surface area contributed by atoms with Gasteiger partial charge in [0.25, 0.3) is 0 Å². The molecular formula is C28H30O5. The van der Waals surface area contributed by atoms with Gasteiger partial charge in [0, 0.05) is 19.3 Å². The summed E-state index contributed by atoms with van der Waals surface area (Å²) in [4.78, 5) is 10.8.